The summed E-state index contributed by atoms with van der Waals surface area (Å²) in [5, 5.41) is 2.89. The van der Waals surface area contributed by atoms with Crippen LogP contribution in [0.1, 0.15) is 15.9 Å². The average Bonchev–Trinajstić information content (AvgIpc) is 2.42. The molecule has 0 heterocycles. The fourth-order valence-corrected chi connectivity index (χ4v) is 1.96. The summed E-state index contributed by atoms with van der Waals surface area (Å²) >= 11 is 3.19. The molecule has 0 aliphatic rings. The van der Waals surface area contributed by atoms with Crippen molar-refractivity contribution in [3.63, 3.8) is 0 Å². The van der Waals surface area contributed by atoms with Gasteiger partial charge in [-0.15, -0.1) is 0 Å². The highest BCUT2D eigenvalue weighted by Crippen LogP contribution is 2.17. The first-order valence-corrected chi connectivity index (χ1v) is 6.98. The number of para-hydroxylation sites is 1. The third-order valence-corrected chi connectivity index (χ3v) is 2.94. The van der Waals surface area contributed by atoms with E-state index in [4.69, 9.17) is 4.74 Å². The van der Waals surface area contributed by atoms with Crippen molar-refractivity contribution in [1.29, 1.82) is 0 Å². The molecule has 0 spiro atoms. The van der Waals surface area contributed by atoms with E-state index in [9.17, 15) is 4.79 Å². The zero-order valence-electron chi connectivity index (χ0n) is 10.5. The van der Waals surface area contributed by atoms with Gasteiger partial charge in [-0.3, -0.25) is 4.79 Å². The van der Waals surface area contributed by atoms with Crippen molar-refractivity contribution in [1.82, 2.24) is 0 Å². The number of benzene rings is 2. The van der Waals surface area contributed by atoms with Gasteiger partial charge in [0, 0.05) is 11.3 Å². The molecule has 0 atom stereocenters. The first-order chi connectivity index (χ1) is 9.20. The molecule has 0 bridgehead atoms. The van der Waals surface area contributed by atoms with E-state index in [1.807, 2.05) is 37.3 Å². The molecular weight excluding hydrogens is 306 g/mol. The van der Waals surface area contributed by atoms with Crippen LogP contribution in [-0.2, 0) is 0 Å². The third kappa shape index (κ3) is 3.58. The Bertz CT molecular complexity index is 584. The van der Waals surface area contributed by atoms with Crippen LogP contribution in [-0.4, -0.2) is 11.4 Å². The first kappa shape index (κ1) is 13.6. The van der Waals surface area contributed by atoms with Crippen molar-refractivity contribution in [3.8, 4) is 5.75 Å². The van der Waals surface area contributed by atoms with Crippen LogP contribution in [0.25, 0.3) is 0 Å². The fraction of sp³-hybridized carbons (Fsp3) is 0.133. The summed E-state index contributed by atoms with van der Waals surface area (Å²) in [7, 11) is 0. The molecule has 2 rings (SSSR count). The SMILES string of the molecule is Cc1ccccc1NC(=O)c1cccc(OCBr)c1. The Hall–Kier alpha value is -1.81. The second-order valence-electron chi connectivity index (χ2n) is 4.05. The normalized spacial score (nSPS) is 10.0. The van der Waals surface area contributed by atoms with Crippen molar-refractivity contribution in [3.05, 3.63) is 59.7 Å². The third-order valence-electron chi connectivity index (χ3n) is 2.71. The maximum atomic E-state index is 12.1. The van der Waals surface area contributed by atoms with E-state index in [-0.39, 0.29) is 5.91 Å². The number of hydrogen-bond acceptors (Lipinski definition) is 2. The summed E-state index contributed by atoms with van der Waals surface area (Å²) in [6, 6.07) is 14.8. The van der Waals surface area contributed by atoms with E-state index in [0.29, 0.717) is 16.8 Å². The number of hydrogen-bond donors (Lipinski definition) is 1. The zero-order chi connectivity index (χ0) is 13.7. The molecule has 2 aromatic carbocycles. The zero-order valence-corrected chi connectivity index (χ0v) is 12.1. The van der Waals surface area contributed by atoms with Crippen LogP contribution in [0.2, 0.25) is 0 Å². The number of carbonyl (C=O) groups excluding carboxylic acids is 1. The Balaban J connectivity index is 2.16. The van der Waals surface area contributed by atoms with Gasteiger partial charge in [0.2, 0.25) is 0 Å². The van der Waals surface area contributed by atoms with E-state index >= 15 is 0 Å². The highest BCUT2D eigenvalue weighted by Gasteiger charge is 2.08. The molecule has 0 saturated carbocycles. The largest absolute Gasteiger partial charge is 0.482 e. The van der Waals surface area contributed by atoms with Gasteiger partial charge in [-0.2, -0.15) is 0 Å². The van der Waals surface area contributed by atoms with Crippen LogP contribution < -0.4 is 10.1 Å². The molecule has 0 aliphatic carbocycles. The number of carbonyl (C=O) groups is 1. The number of amides is 1. The number of aryl methyl sites for hydroxylation is 1. The molecule has 1 N–H and O–H groups in total. The predicted molar refractivity (Wildman–Crippen MR) is 80.0 cm³/mol. The van der Waals surface area contributed by atoms with Gasteiger partial charge in [0.15, 0.2) is 0 Å². The van der Waals surface area contributed by atoms with E-state index < -0.39 is 0 Å². The molecule has 0 aromatic heterocycles. The van der Waals surface area contributed by atoms with Crippen molar-refractivity contribution in [2.24, 2.45) is 0 Å². The van der Waals surface area contributed by atoms with Gasteiger partial charge in [0.1, 0.15) is 11.3 Å². The average molecular weight is 320 g/mol. The van der Waals surface area contributed by atoms with E-state index in [1.54, 1.807) is 18.2 Å². The molecule has 98 valence electrons. The minimum atomic E-state index is -0.144. The van der Waals surface area contributed by atoms with Gasteiger partial charge >= 0.3 is 0 Å². The molecule has 0 aliphatic heterocycles. The first-order valence-electron chi connectivity index (χ1n) is 5.86. The van der Waals surface area contributed by atoms with Gasteiger partial charge in [-0.1, -0.05) is 24.3 Å². The Morgan fingerprint density at radius 2 is 2.00 bits per heavy atom. The monoisotopic (exact) mass is 319 g/mol. The van der Waals surface area contributed by atoms with Crippen LogP contribution >= 0.6 is 15.9 Å². The minimum absolute atomic E-state index is 0.144. The minimum Gasteiger partial charge on any atom is -0.482 e. The molecule has 19 heavy (non-hydrogen) atoms. The van der Waals surface area contributed by atoms with Gasteiger partial charge in [0.25, 0.3) is 5.91 Å². The lowest BCUT2D eigenvalue weighted by atomic mass is 10.1. The van der Waals surface area contributed by atoms with Gasteiger partial charge in [0.05, 0.1) is 0 Å². The van der Waals surface area contributed by atoms with E-state index in [1.165, 1.54) is 0 Å². The standard InChI is InChI=1S/C15H14BrNO2/c1-11-5-2-3-8-14(11)17-15(18)12-6-4-7-13(9-12)19-10-16/h2-9H,10H2,1H3,(H,17,18). The van der Waals surface area contributed by atoms with Crippen LogP contribution in [0, 0.1) is 6.92 Å². The summed E-state index contributed by atoms with van der Waals surface area (Å²) in [4.78, 5) is 12.1. The lowest BCUT2D eigenvalue weighted by molar-refractivity contribution is 0.102. The second-order valence-corrected chi connectivity index (χ2v) is 4.51. The van der Waals surface area contributed by atoms with Gasteiger partial charge in [-0.05, 0) is 52.7 Å². The number of nitrogens with one attached hydrogen (secondary N) is 1. The number of ether oxygens (including phenoxy) is 1. The Morgan fingerprint density at radius 1 is 1.21 bits per heavy atom. The number of rotatable bonds is 4. The summed E-state index contributed by atoms with van der Waals surface area (Å²) in [5.74, 6) is 0.517. The maximum Gasteiger partial charge on any atom is 0.255 e. The lowest BCUT2D eigenvalue weighted by Crippen LogP contribution is -2.12. The molecule has 0 radical (unpaired) electrons. The number of anilines is 1. The molecular formula is C15H14BrNO2. The van der Waals surface area contributed by atoms with Gasteiger partial charge < -0.3 is 10.1 Å². The molecule has 0 unspecified atom stereocenters. The smallest absolute Gasteiger partial charge is 0.255 e. The van der Waals surface area contributed by atoms with Crippen molar-refractivity contribution in [2.45, 2.75) is 6.92 Å². The number of halogens is 1. The molecule has 0 saturated heterocycles. The highest BCUT2D eigenvalue weighted by atomic mass is 79.9. The summed E-state index contributed by atoms with van der Waals surface area (Å²) < 4.78 is 5.31. The highest BCUT2D eigenvalue weighted by molar-refractivity contribution is 9.09. The maximum absolute atomic E-state index is 12.1. The van der Waals surface area contributed by atoms with Crippen LogP contribution in [0.15, 0.2) is 48.5 Å². The Morgan fingerprint density at radius 3 is 2.74 bits per heavy atom. The van der Waals surface area contributed by atoms with Crippen molar-refractivity contribution >= 4 is 27.5 Å². The quantitative estimate of drug-likeness (QED) is 0.866. The van der Waals surface area contributed by atoms with Crippen LogP contribution in [0.4, 0.5) is 5.69 Å². The lowest BCUT2D eigenvalue weighted by Gasteiger charge is -2.09. The predicted octanol–water partition coefficient (Wildman–Crippen LogP) is 3.98. The summed E-state index contributed by atoms with van der Waals surface area (Å²) in [6.45, 7) is 1.96. The topological polar surface area (TPSA) is 38.3 Å². The number of alkyl halides is 1. The van der Waals surface area contributed by atoms with Crippen LogP contribution in [0.3, 0.4) is 0 Å². The van der Waals surface area contributed by atoms with Crippen LogP contribution in [0.5, 0.6) is 5.75 Å². The van der Waals surface area contributed by atoms with E-state index in [2.05, 4.69) is 21.2 Å². The van der Waals surface area contributed by atoms with Crippen molar-refractivity contribution in [2.75, 3.05) is 10.8 Å². The molecule has 3 nitrogen and oxygen atoms in total. The summed E-state index contributed by atoms with van der Waals surface area (Å²) in [6.07, 6.45) is 0. The Labute approximate surface area is 120 Å². The molecule has 0 fully saturated rings. The fourth-order valence-electron chi connectivity index (χ4n) is 1.70. The van der Waals surface area contributed by atoms with Gasteiger partial charge in [-0.25, -0.2) is 0 Å². The van der Waals surface area contributed by atoms with E-state index in [0.717, 1.165) is 11.3 Å². The molecule has 2 aromatic rings. The second kappa shape index (κ2) is 6.38. The molecule has 1 amide bonds. The van der Waals surface area contributed by atoms with Crippen molar-refractivity contribution < 1.29 is 9.53 Å². The Kier molecular flexibility index (Phi) is 4.58. The summed E-state index contributed by atoms with van der Waals surface area (Å²) in [5.41, 5.74) is 2.82. The molecule has 4 heteroatoms.